The van der Waals surface area contributed by atoms with E-state index in [2.05, 4.69) is 16.7 Å². The molecule has 0 unspecified atom stereocenters. The minimum Gasteiger partial charge on any atom is -0.465 e. The van der Waals surface area contributed by atoms with Gasteiger partial charge >= 0.3 is 13.7 Å². The zero-order valence-electron chi connectivity index (χ0n) is 19.9. The van der Waals surface area contributed by atoms with Crippen molar-refractivity contribution in [2.45, 2.75) is 44.9 Å². The van der Waals surface area contributed by atoms with Crippen molar-refractivity contribution in [2.75, 3.05) is 20.3 Å². The average molecular weight is 483 g/mol. The molecule has 7 nitrogen and oxygen atoms in total. The molecule has 2 aromatic rings. The summed E-state index contributed by atoms with van der Waals surface area (Å²) in [4.78, 5) is 13.0. The fourth-order valence-corrected chi connectivity index (χ4v) is 4.39. The van der Waals surface area contributed by atoms with Gasteiger partial charge in [0.15, 0.2) is 0 Å². The maximum Gasteiger partial charge on any atom is 0.461 e. The van der Waals surface area contributed by atoms with Gasteiger partial charge < -0.3 is 4.74 Å². The highest BCUT2D eigenvalue weighted by Gasteiger charge is 2.44. The number of carbonyl (C=O) groups excluding carboxylic acids is 1. The standard InChI is InChI=1S/C26H31N2O5P/c1-4-6-18-32-34(30,33-19-7-5-2)28-20-24(25(29)31-3)26(21-27,22-14-10-8-11-15-22)23-16-12-9-13-17-23/h8-17H,4-7,18-19H2,1-3H3. The second-order valence-corrected chi connectivity index (χ2v) is 9.17. The summed E-state index contributed by atoms with van der Waals surface area (Å²) in [5, 5.41) is 10.5. The van der Waals surface area contributed by atoms with Crippen LogP contribution in [-0.2, 0) is 28.6 Å². The quantitative estimate of drug-likeness (QED) is 0.114. The first-order valence-corrected chi connectivity index (χ1v) is 12.8. The summed E-state index contributed by atoms with van der Waals surface area (Å²) in [5.41, 5.74) is -0.800. The van der Waals surface area contributed by atoms with Crippen molar-refractivity contribution in [3.8, 4) is 6.07 Å². The average Bonchev–Trinajstić information content (AvgIpc) is 2.88. The topological polar surface area (TPSA) is 98.0 Å². The van der Waals surface area contributed by atoms with Crippen molar-refractivity contribution in [1.29, 1.82) is 5.26 Å². The number of nitriles is 1. The van der Waals surface area contributed by atoms with Gasteiger partial charge in [0.05, 0.1) is 26.4 Å². The van der Waals surface area contributed by atoms with Gasteiger partial charge in [0.1, 0.15) is 11.0 Å². The summed E-state index contributed by atoms with van der Waals surface area (Å²) in [6.07, 6.45) is 3.00. The SMILES string of the molecule is CCCCOP(=O)(N=C=C(C(=O)OC)C(C#N)(c1ccccc1)c1ccccc1)OCCCC. The van der Waals surface area contributed by atoms with Crippen molar-refractivity contribution in [3.05, 3.63) is 77.4 Å². The zero-order chi connectivity index (χ0) is 24.9. The molecule has 0 aliphatic heterocycles. The first kappa shape index (κ1) is 27.2. The van der Waals surface area contributed by atoms with Crippen molar-refractivity contribution >= 4 is 19.6 Å². The van der Waals surface area contributed by atoms with Crippen LogP contribution in [0.15, 0.2) is 71.0 Å². The predicted molar refractivity (Wildman–Crippen MR) is 132 cm³/mol. The van der Waals surface area contributed by atoms with Crippen molar-refractivity contribution in [2.24, 2.45) is 4.76 Å². The van der Waals surface area contributed by atoms with Gasteiger partial charge in [-0.1, -0.05) is 87.4 Å². The molecule has 2 rings (SSSR count). The van der Waals surface area contributed by atoms with Crippen LogP contribution in [0, 0.1) is 11.3 Å². The van der Waals surface area contributed by atoms with E-state index in [1.807, 2.05) is 26.0 Å². The highest BCUT2D eigenvalue weighted by Crippen LogP contribution is 2.50. The van der Waals surface area contributed by atoms with E-state index in [4.69, 9.17) is 13.8 Å². The third-order valence-electron chi connectivity index (χ3n) is 5.13. The van der Waals surface area contributed by atoms with E-state index in [0.717, 1.165) is 12.8 Å². The number of nitrogens with zero attached hydrogens (tertiary/aromatic N) is 2. The Kier molecular flexibility index (Phi) is 10.9. The van der Waals surface area contributed by atoms with Gasteiger partial charge in [-0.05, 0) is 24.0 Å². The first-order valence-electron chi connectivity index (χ1n) is 11.3. The molecule has 0 aliphatic rings. The maximum absolute atomic E-state index is 13.3. The van der Waals surface area contributed by atoms with Crippen molar-refractivity contribution in [1.82, 2.24) is 0 Å². The number of benzene rings is 2. The molecule has 0 aliphatic carbocycles. The number of methoxy groups -OCH3 is 1. The van der Waals surface area contributed by atoms with Crippen LogP contribution in [0.25, 0.3) is 0 Å². The summed E-state index contributed by atoms with van der Waals surface area (Å²) in [6, 6.07) is 19.9. The van der Waals surface area contributed by atoms with Crippen LogP contribution in [0.5, 0.6) is 0 Å². The van der Waals surface area contributed by atoms with E-state index in [9.17, 15) is 14.6 Å². The van der Waals surface area contributed by atoms with Crippen LogP contribution >= 0.6 is 7.75 Å². The Morgan fingerprint density at radius 2 is 1.41 bits per heavy atom. The van der Waals surface area contributed by atoms with E-state index < -0.39 is 19.1 Å². The van der Waals surface area contributed by atoms with Gasteiger partial charge in [-0.2, -0.15) is 5.26 Å². The Labute approximate surface area is 201 Å². The third-order valence-corrected chi connectivity index (χ3v) is 6.50. The van der Waals surface area contributed by atoms with Crippen LogP contribution in [0.2, 0.25) is 0 Å². The molecule has 0 saturated heterocycles. The minimum absolute atomic E-state index is 0.180. The normalized spacial score (nSPS) is 11.2. The summed E-state index contributed by atoms with van der Waals surface area (Å²) in [6.45, 7) is 4.32. The Hall–Kier alpha value is -3.00. The summed E-state index contributed by atoms with van der Waals surface area (Å²) in [7, 11) is -2.76. The monoisotopic (exact) mass is 482 g/mol. The predicted octanol–water partition coefficient (Wildman–Crippen LogP) is 6.01. The molecule has 0 bridgehead atoms. The van der Waals surface area contributed by atoms with E-state index in [1.165, 1.54) is 7.11 Å². The number of ether oxygens (including phenoxy) is 1. The van der Waals surface area contributed by atoms with Gasteiger partial charge in [0, 0.05) is 5.87 Å². The summed E-state index contributed by atoms with van der Waals surface area (Å²) >= 11 is 0. The molecule has 0 atom stereocenters. The highest BCUT2D eigenvalue weighted by atomic mass is 31.2. The Morgan fingerprint density at radius 3 is 1.79 bits per heavy atom. The number of hydrogen-bond acceptors (Lipinski definition) is 6. The maximum atomic E-state index is 13.3. The van der Waals surface area contributed by atoms with Crippen LogP contribution in [0.4, 0.5) is 0 Å². The molecule has 2 aromatic carbocycles. The molecule has 0 aromatic heterocycles. The lowest BCUT2D eigenvalue weighted by molar-refractivity contribution is -0.136. The Bertz CT molecular complexity index is 1020. The Balaban J connectivity index is 2.76. The summed E-state index contributed by atoms with van der Waals surface area (Å²) < 4.78 is 33.3. The molecular weight excluding hydrogens is 451 g/mol. The van der Waals surface area contributed by atoms with Crippen LogP contribution in [-0.4, -0.2) is 32.2 Å². The summed E-state index contributed by atoms with van der Waals surface area (Å²) in [5.74, 6) is 1.76. The molecule has 34 heavy (non-hydrogen) atoms. The van der Waals surface area contributed by atoms with Crippen LogP contribution < -0.4 is 0 Å². The van der Waals surface area contributed by atoms with E-state index >= 15 is 0 Å². The second-order valence-electron chi connectivity index (χ2n) is 7.51. The molecule has 0 heterocycles. The fraction of sp³-hybridized carbons (Fsp3) is 0.385. The van der Waals surface area contributed by atoms with Crippen LogP contribution in [0.1, 0.15) is 50.7 Å². The Morgan fingerprint density at radius 1 is 0.941 bits per heavy atom. The van der Waals surface area contributed by atoms with Gasteiger partial charge in [-0.15, -0.1) is 4.76 Å². The smallest absolute Gasteiger partial charge is 0.461 e. The van der Waals surface area contributed by atoms with E-state index in [0.29, 0.717) is 24.0 Å². The molecule has 0 N–H and O–H groups in total. The lowest BCUT2D eigenvalue weighted by Gasteiger charge is -2.27. The third kappa shape index (κ3) is 6.76. The van der Waals surface area contributed by atoms with Crippen molar-refractivity contribution < 1.29 is 23.1 Å². The lowest BCUT2D eigenvalue weighted by Crippen LogP contribution is -2.33. The highest BCUT2D eigenvalue weighted by molar-refractivity contribution is 7.52. The van der Waals surface area contributed by atoms with Gasteiger partial charge in [0.2, 0.25) is 0 Å². The fourth-order valence-electron chi connectivity index (χ4n) is 3.26. The van der Waals surface area contributed by atoms with Gasteiger partial charge in [-0.3, -0.25) is 9.05 Å². The molecule has 180 valence electrons. The first-order chi connectivity index (χ1) is 16.5. The molecule has 0 amide bonds. The van der Waals surface area contributed by atoms with Gasteiger partial charge in [0.25, 0.3) is 0 Å². The minimum atomic E-state index is -3.97. The molecule has 0 spiro atoms. The van der Waals surface area contributed by atoms with E-state index in [-0.39, 0.29) is 18.8 Å². The number of hydrogen-bond donors (Lipinski definition) is 0. The molecule has 8 heteroatoms. The number of carbonyl (C=O) groups is 1. The molecule has 0 radical (unpaired) electrons. The van der Waals surface area contributed by atoms with Crippen LogP contribution in [0.3, 0.4) is 0 Å². The number of unbranched alkanes of at least 4 members (excludes halogenated alkanes) is 2. The second kappa shape index (κ2) is 13.6. The molecular formula is C26H31N2O5P. The molecule has 0 saturated carbocycles. The van der Waals surface area contributed by atoms with E-state index in [1.54, 1.807) is 48.5 Å². The molecule has 0 fully saturated rings. The zero-order valence-corrected chi connectivity index (χ0v) is 20.8. The lowest BCUT2D eigenvalue weighted by atomic mass is 9.70. The largest absolute Gasteiger partial charge is 0.465 e. The number of esters is 1. The van der Waals surface area contributed by atoms with Crippen molar-refractivity contribution in [3.63, 3.8) is 0 Å². The van der Waals surface area contributed by atoms with Gasteiger partial charge in [-0.25, -0.2) is 9.36 Å². The number of rotatable bonds is 13.